The molecule has 488 valence electrons. The third-order valence-electron chi connectivity index (χ3n) is 15.2. The van der Waals surface area contributed by atoms with Crippen LogP contribution in [-0.4, -0.2) is 175 Å². The van der Waals surface area contributed by atoms with Crippen LogP contribution in [-0.2, 0) is 105 Å². The number of aliphatic imine (C=N–C) groups is 1. The molecule has 3 aliphatic rings. The first-order chi connectivity index (χ1) is 44.3. The van der Waals surface area contributed by atoms with Crippen molar-refractivity contribution in [3.8, 4) is 11.4 Å². The van der Waals surface area contributed by atoms with E-state index in [2.05, 4.69) is 47.4 Å². The van der Waals surface area contributed by atoms with E-state index in [1.807, 2.05) is 24.3 Å². The Morgan fingerprint density at radius 3 is 2.04 bits per heavy atom. The Hall–Kier alpha value is -10.2. The van der Waals surface area contributed by atoms with Gasteiger partial charge in [-0.1, -0.05) is 84.9 Å². The van der Waals surface area contributed by atoms with Gasteiger partial charge in [-0.2, -0.15) is 0 Å². The first-order valence-corrected chi connectivity index (χ1v) is 29.7. The van der Waals surface area contributed by atoms with Gasteiger partial charge >= 0.3 is 11.9 Å². The van der Waals surface area contributed by atoms with Gasteiger partial charge in [-0.25, -0.2) is 9.78 Å². The first kappa shape index (κ1) is 67.8. The monoisotopic (exact) mass is 1270 g/mol. The largest absolute Gasteiger partial charge is 0.481 e. The van der Waals surface area contributed by atoms with Crippen molar-refractivity contribution in [3.05, 3.63) is 134 Å². The SMILES string of the molecule is CC[C@@]1(O)C(=O)OCc2c1cc1n(c2=O)Cc2c-1nc1ccccc1c2/C=N/OCCNC(=O)COCCOCCOCC(=O)NCc1ccc(CC2NC(=O)C(CCCN=C(N)N)NC(=O)CNC(=O)C(CC(=O)O)NC(=O)C(Cc3ccccc3)NC2=O)cc1. The number of nitrogens with two attached hydrogens (primary N) is 2. The minimum Gasteiger partial charge on any atom is -0.481 e. The standard InChI is InChI=1S/C62H73N13O17/c1-2-62(87)43-27-49-54-41(32-75(49)59(85)42(43)33-91-60(62)86)40(39-11-6-7-12-44(39)71-54)30-69-92-20-19-65-51(77)34-89-23-21-88-22-24-90-35-52(78)67-29-38-16-14-37(15-17-38)26-47-57(83)73-46(25-36-9-4-3-5-10-36)58(84)74-48(28-53(79)80)55(81)68-31-50(76)70-45(56(82)72-47)13-8-18-66-61(63)64/h3-7,9-12,14-17,27,30,45-48,87H,2,8,13,18-26,28-29,31-35H2,1H3,(H,65,77)(H,67,78)(H,68,81)(H,70,76)(H,72,82)(H,73,83)(H,74,84)(H,79,80)(H4,63,64,66)/b69-30+/t45?,46?,47?,48?,62-/m0/s1. The number of aromatic nitrogens is 2. The zero-order chi connectivity index (χ0) is 65.7. The molecule has 92 heavy (non-hydrogen) atoms. The Balaban J connectivity index is 0.748. The fraction of sp³-hybridized carbons (Fsp3) is 0.403. The number of rotatable bonds is 28. The zero-order valence-corrected chi connectivity index (χ0v) is 50.4. The lowest BCUT2D eigenvalue weighted by molar-refractivity contribution is -0.172. The summed E-state index contributed by atoms with van der Waals surface area (Å²) in [5.74, 6) is -7.54. The van der Waals surface area contributed by atoms with Crippen molar-refractivity contribution in [1.82, 2.24) is 46.8 Å². The lowest BCUT2D eigenvalue weighted by Gasteiger charge is -2.31. The fourth-order valence-corrected chi connectivity index (χ4v) is 10.4. The number of carbonyl (C=O) groups excluding carboxylic acids is 8. The molecule has 0 radical (unpaired) electrons. The summed E-state index contributed by atoms with van der Waals surface area (Å²) in [7, 11) is 0. The van der Waals surface area contributed by atoms with Gasteiger partial charge in [0.1, 0.15) is 50.6 Å². The van der Waals surface area contributed by atoms with Crippen molar-refractivity contribution in [2.45, 2.75) is 94.9 Å². The smallest absolute Gasteiger partial charge is 0.343 e. The summed E-state index contributed by atoms with van der Waals surface area (Å²) in [4.78, 5) is 146. The second-order valence-electron chi connectivity index (χ2n) is 21.7. The van der Waals surface area contributed by atoms with Crippen LogP contribution in [0.15, 0.2) is 99.9 Å². The normalized spacial score (nSPS) is 19.1. The molecule has 5 atom stereocenters. The molecule has 5 aromatic rings. The number of pyridine rings is 2. The number of carboxylic acids is 1. The maximum atomic E-state index is 14.3. The number of aliphatic hydroxyl groups is 1. The van der Waals surface area contributed by atoms with Crippen LogP contribution in [0.3, 0.4) is 0 Å². The molecule has 8 rings (SSSR count). The van der Waals surface area contributed by atoms with Gasteiger partial charge in [0.2, 0.25) is 41.4 Å². The number of hydrogen-bond donors (Lipinski definition) is 11. The highest BCUT2D eigenvalue weighted by Gasteiger charge is 2.46. The summed E-state index contributed by atoms with van der Waals surface area (Å²) in [6.07, 6.45) is 0.693. The van der Waals surface area contributed by atoms with Crippen LogP contribution in [0.2, 0.25) is 0 Å². The molecule has 3 aliphatic heterocycles. The quantitative estimate of drug-likeness (QED) is 0.00857. The molecule has 1 fully saturated rings. The summed E-state index contributed by atoms with van der Waals surface area (Å²) in [6.45, 7) is 1.15. The number of nitrogens with zero attached hydrogens (tertiary/aromatic N) is 4. The Kier molecular flexibility index (Phi) is 24.0. The van der Waals surface area contributed by atoms with Crippen molar-refractivity contribution in [3.63, 3.8) is 0 Å². The Morgan fingerprint density at radius 2 is 1.37 bits per heavy atom. The van der Waals surface area contributed by atoms with Crippen LogP contribution in [0.1, 0.15) is 71.6 Å². The second-order valence-corrected chi connectivity index (χ2v) is 21.7. The molecule has 30 heteroatoms. The maximum absolute atomic E-state index is 14.3. The maximum Gasteiger partial charge on any atom is 0.343 e. The van der Waals surface area contributed by atoms with Crippen molar-refractivity contribution < 1.29 is 77.1 Å². The number of oxime groups is 1. The predicted octanol–water partition coefficient (Wildman–Crippen LogP) is -1.71. The van der Waals surface area contributed by atoms with Gasteiger partial charge in [0.15, 0.2) is 11.6 Å². The van der Waals surface area contributed by atoms with E-state index >= 15 is 0 Å². The van der Waals surface area contributed by atoms with Crippen LogP contribution >= 0.6 is 0 Å². The average Bonchev–Trinajstić information content (AvgIpc) is 1.51. The average molecular weight is 1270 g/mol. The molecular formula is C62H73N13O17. The minimum atomic E-state index is -1.96. The van der Waals surface area contributed by atoms with Crippen molar-refractivity contribution in [2.75, 3.05) is 65.9 Å². The molecule has 5 heterocycles. The second kappa shape index (κ2) is 32.5. The Labute approximate surface area is 526 Å². The molecule has 30 nitrogen and oxygen atoms in total. The number of ether oxygens (including phenoxy) is 4. The van der Waals surface area contributed by atoms with E-state index < -0.39 is 96.0 Å². The fourth-order valence-electron chi connectivity index (χ4n) is 10.4. The number of guanidine groups is 1. The number of benzene rings is 3. The van der Waals surface area contributed by atoms with Gasteiger partial charge in [-0.15, -0.1) is 0 Å². The van der Waals surface area contributed by atoms with Gasteiger partial charge in [-0.3, -0.25) is 48.1 Å². The summed E-state index contributed by atoms with van der Waals surface area (Å²) in [5, 5.41) is 43.9. The van der Waals surface area contributed by atoms with Gasteiger partial charge in [-0.05, 0) is 48.1 Å². The van der Waals surface area contributed by atoms with Gasteiger partial charge in [0, 0.05) is 48.0 Å². The minimum absolute atomic E-state index is 0.00434. The molecule has 0 aliphatic carbocycles. The lowest BCUT2D eigenvalue weighted by Crippen LogP contribution is -2.58. The van der Waals surface area contributed by atoms with Crippen LogP contribution in [0, 0.1) is 0 Å². The Bertz CT molecular complexity index is 3650. The van der Waals surface area contributed by atoms with E-state index in [1.54, 1.807) is 72.2 Å². The topological polar surface area (TPSA) is 436 Å². The summed E-state index contributed by atoms with van der Waals surface area (Å²) in [6, 6.07) is 18.8. The van der Waals surface area contributed by atoms with Crippen molar-refractivity contribution in [1.29, 1.82) is 0 Å². The number of aliphatic carboxylic acids is 1. The summed E-state index contributed by atoms with van der Waals surface area (Å²) in [5.41, 5.74) is 13.8. The number of carbonyl (C=O) groups is 9. The third kappa shape index (κ3) is 18.3. The number of hydrogen-bond acceptors (Lipinski definition) is 19. The molecule has 0 saturated carbocycles. The van der Waals surface area contributed by atoms with Crippen molar-refractivity contribution >= 4 is 76.4 Å². The van der Waals surface area contributed by atoms with Gasteiger partial charge < -0.3 is 87.3 Å². The first-order valence-electron chi connectivity index (χ1n) is 29.7. The highest BCUT2D eigenvalue weighted by Crippen LogP contribution is 2.40. The lowest BCUT2D eigenvalue weighted by atomic mass is 9.86. The van der Waals surface area contributed by atoms with E-state index in [0.29, 0.717) is 44.7 Å². The summed E-state index contributed by atoms with van der Waals surface area (Å²) < 4.78 is 23.1. The molecule has 3 aromatic carbocycles. The van der Waals surface area contributed by atoms with Crippen LogP contribution in [0.5, 0.6) is 0 Å². The molecule has 13 N–H and O–H groups in total. The molecular weight excluding hydrogens is 1200 g/mol. The molecule has 2 aromatic heterocycles. The number of para-hydroxylation sites is 1. The third-order valence-corrected chi connectivity index (χ3v) is 15.2. The van der Waals surface area contributed by atoms with E-state index in [9.17, 15) is 58.2 Å². The molecule has 0 spiro atoms. The highest BCUT2D eigenvalue weighted by molar-refractivity contribution is 6.03. The molecule has 0 bridgehead atoms. The van der Waals surface area contributed by atoms with Gasteiger partial charge in [0.05, 0.1) is 81.2 Å². The Morgan fingerprint density at radius 1 is 0.750 bits per heavy atom. The molecule has 7 amide bonds. The van der Waals surface area contributed by atoms with Crippen LogP contribution in [0.25, 0.3) is 22.3 Å². The number of carboxylic acid groups (broad SMARTS) is 1. The number of nitrogens with one attached hydrogen (secondary N) is 7. The van der Waals surface area contributed by atoms with Crippen molar-refractivity contribution in [2.24, 2.45) is 21.6 Å². The number of esters is 1. The molecule has 1 saturated heterocycles. The zero-order valence-electron chi connectivity index (χ0n) is 50.4. The number of fused-ring (bicyclic) bond motifs is 5. The van der Waals surface area contributed by atoms with E-state index in [-0.39, 0.29) is 134 Å². The molecule has 4 unspecified atom stereocenters. The van der Waals surface area contributed by atoms with Crippen LogP contribution in [0.4, 0.5) is 0 Å². The van der Waals surface area contributed by atoms with E-state index in [0.717, 1.165) is 5.39 Å². The number of cyclic esters (lactones) is 1. The van der Waals surface area contributed by atoms with Crippen LogP contribution < -0.4 is 54.2 Å². The van der Waals surface area contributed by atoms with E-state index in [4.69, 9.17) is 40.2 Å². The number of amides is 7. The van der Waals surface area contributed by atoms with E-state index in [1.165, 1.54) is 6.21 Å². The highest BCUT2D eigenvalue weighted by atomic mass is 16.6. The van der Waals surface area contributed by atoms with Gasteiger partial charge in [0.25, 0.3) is 5.56 Å². The summed E-state index contributed by atoms with van der Waals surface area (Å²) >= 11 is 0. The predicted molar refractivity (Wildman–Crippen MR) is 329 cm³/mol.